The van der Waals surface area contributed by atoms with Crippen LogP contribution >= 0.6 is 0 Å². The van der Waals surface area contributed by atoms with Gasteiger partial charge in [0.25, 0.3) is 0 Å². The zero-order valence-corrected chi connectivity index (χ0v) is 34.9. The van der Waals surface area contributed by atoms with Crippen LogP contribution in [0.5, 0.6) is 0 Å². The van der Waals surface area contributed by atoms with E-state index in [1.54, 1.807) is 0 Å². The average Bonchev–Trinajstić information content (AvgIpc) is 3.29. The number of rotatable bonds is 15. The first-order valence-electron chi connectivity index (χ1n) is 20.5. The Hall–Kier alpha value is -7.23. The van der Waals surface area contributed by atoms with Gasteiger partial charge in [-0.3, -0.25) is 15.0 Å². The Morgan fingerprint density at radius 2 is 1.03 bits per heavy atom. The molecule has 0 fully saturated rings. The van der Waals surface area contributed by atoms with Crippen LogP contribution in [0.25, 0.3) is 39.2 Å². The third-order valence-corrected chi connectivity index (χ3v) is 11.0. The number of hydrogen-bond acceptors (Lipinski definition) is 3. The van der Waals surface area contributed by atoms with E-state index in [0.29, 0.717) is 12.5 Å². The Kier molecular flexibility index (Phi) is 13.3. The zero-order valence-electron chi connectivity index (χ0n) is 34.9. The summed E-state index contributed by atoms with van der Waals surface area (Å²) < 4.78 is 0. The van der Waals surface area contributed by atoms with Crippen molar-refractivity contribution in [1.29, 1.82) is 0 Å². The summed E-state index contributed by atoms with van der Waals surface area (Å²) in [5.41, 5.74) is 18.4. The van der Waals surface area contributed by atoms with Crippen LogP contribution in [0.1, 0.15) is 69.8 Å². The van der Waals surface area contributed by atoms with Crippen molar-refractivity contribution in [1.82, 2.24) is 0 Å². The topological polar surface area (TPSA) is 37.1 Å². The van der Waals surface area contributed by atoms with Gasteiger partial charge in [-0.1, -0.05) is 184 Å². The summed E-state index contributed by atoms with van der Waals surface area (Å²) >= 11 is 0. The third kappa shape index (κ3) is 9.72. The monoisotopic (exact) mass is 777 g/mol. The second-order valence-corrected chi connectivity index (χ2v) is 15.3. The Balaban J connectivity index is 1.29. The summed E-state index contributed by atoms with van der Waals surface area (Å²) in [5, 5.41) is 0. The van der Waals surface area contributed by atoms with Crippen LogP contribution in [0.3, 0.4) is 0 Å². The van der Waals surface area contributed by atoms with E-state index in [1.165, 1.54) is 33.4 Å². The summed E-state index contributed by atoms with van der Waals surface area (Å²) in [5.74, 6) is 0.323. The van der Waals surface area contributed by atoms with Crippen LogP contribution in [0.15, 0.2) is 210 Å². The van der Waals surface area contributed by atoms with Gasteiger partial charge in [0.1, 0.15) is 0 Å². The lowest BCUT2D eigenvalue weighted by molar-refractivity contribution is 0.849. The highest BCUT2D eigenvalue weighted by atomic mass is 14.8. The SMILES string of the molecule is C=N/C(=C\C(=C)c1cccc(-c2cccc(C)c2Cc2c(-c3cccc(C(/C=C(\N=C)c4ccccc4)=N/Cc4ccccc4)c3)cccc2C(C)C)c1)c1ccccc1. The van der Waals surface area contributed by atoms with Gasteiger partial charge in [-0.15, -0.1) is 0 Å². The number of benzene rings is 7. The number of aliphatic imine (C=N–C) groups is 3. The molecule has 0 atom stereocenters. The molecule has 0 N–H and O–H groups in total. The lowest BCUT2D eigenvalue weighted by atomic mass is 9.83. The van der Waals surface area contributed by atoms with Crippen molar-refractivity contribution in [3.8, 4) is 22.3 Å². The molecule has 7 rings (SSSR count). The Bertz CT molecular complexity index is 2720. The predicted molar refractivity (Wildman–Crippen MR) is 259 cm³/mol. The molecule has 0 saturated heterocycles. The maximum absolute atomic E-state index is 5.19. The van der Waals surface area contributed by atoms with Crippen LogP contribution in [-0.4, -0.2) is 19.1 Å². The van der Waals surface area contributed by atoms with E-state index in [0.717, 1.165) is 68.0 Å². The molecule has 0 spiro atoms. The average molecular weight is 778 g/mol. The van der Waals surface area contributed by atoms with E-state index in [-0.39, 0.29) is 0 Å². The van der Waals surface area contributed by atoms with Gasteiger partial charge < -0.3 is 0 Å². The summed E-state index contributed by atoms with van der Waals surface area (Å²) in [4.78, 5) is 14.0. The van der Waals surface area contributed by atoms with Gasteiger partial charge in [-0.2, -0.15) is 0 Å². The summed E-state index contributed by atoms with van der Waals surface area (Å²) in [6.07, 6.45) is 4.85. The van der Waals surface area contributed by atoms with Crippen molar-refractivity contribution in [2.45, 2.75) is 39.7 Å². The second-order valence-electron chi connectivity index (χ2n) is 15.3. The molecular weight excluding hydrogens is 727 g/mol. The highest BCUT2D eigenvalue weighted by Crippen LogP contribution is 2.37. The van der Waals surface area contributed by atoms with Crippen LogP contribution < -0.4 is 0 Å². The van der Waals surface area contributed by atoms with Crippen molar-refractivity contribution in [3.63, 3.8) is 0 Å². The van der Waals surface area contributed by atoms with Gasteiger partial charge >= 0.3 is 0 Å². The molecule has 7 aromatic carbocycles. The fourth-order valence-corrected chi connectivity index (χ4v) is 7.75. The fourth-order valence-electron chi connectivity index (χ4n) is 7.75. The summed E-state index contributed by atoms with van der Waals surface area (Å²) in [6.45, 7) is 19.6. The van der Waals surface area contributed by atoms with Crippen LogP contribution in [0.2, 0.25) is 0 Å². The number of allylic oxidation sites excluding steroid dienone is 3. The van der Waals surface area contributed by atoms with Gasteiger partial charge in [0, 0.05) is 16.7 Å². The molecule has 0 radical (unpaired) electrons. The minimum absolute atomic E-state index is 0.323. The molecule has 0 aromatic heterocycles. The number of hydrogen-bond donors (Lipinski definition) is 0. The van der Waals surface area contributed by atoms with Crippen molar-refractivity contribution >= 4 is 36.1 Å². The first-order valence-corrected chi connectivity index (χ1v) is 20.5. The molecule has 3 heteroatoms. The van der Waals surface area contributed by atoms with Gasteiger partial charge in [-0.05, 0) is 118 Å². The normalized spacial score (nSPS) is 12.0. The molecule has 0 bridgehead atoms. The fraction of sp³-hybridized carbons (Fsp3) is 0.105. The van der Waals surface area contributed by atoms with Crippen molar-refractivity contribution in [3.05, 3.63) is 245 Å². The van der Waals surface area contributed by atoms with Crippen LogP contribution in [-0.2, 0) is 13.0 Å². The lowest BCUT2D eigenvalue weighted by Gasteiger charge is -2.21. The van der Waals surface area contributed by atoms with Gasteiger partial charge in [0.05, 0.1) is 23.7 Å². The van der Waals surface area contributed by atoms with Crippen LogP contribution in [0, 0.1) is 6.92 Å². The van der Waals surface area contributed by atoms with E-state index < -0.39 is 0 Å². The molecule has 0 amide bonds. The van der Waals surface area contributed by atoms with E-state index in [2.05, 4.69) is 178 Å². The largest absolute Gasteiger partial charge is 0.280 e. The molecule has 3 nitrogen and oxygen atoms in total. The van der Waals surface area contributed by atoms with E-state index in [9.17, 15) is 0 Å². The first kappa shape index (κ1) is 40.9. The molecule has 0 unspecified atom stereocenters. The Morgan fingerprint density at radius 1 is 0.533 bits per heavy atom. The number of aryl methyl sites for hydroxylation is 1. The molecular formula is C57H51N3. The molecule has 0 aliphatic heterocycles. The quantitative estimate of drug-likeness (QED) is 0.0734. The lowest BCUT2D eigenvalue weighted by Crippen LogP contribution is -2.05. The number of nitrogens with zero attached hydrogens (tertiary/aromatic N) is 3. The first-order chi connectivity index (χ1) is 29.3. The zero-order chi connectivity index (χ0) is 41.8. The van der Waals surface area contributed by atoms with Crippen molar-refractivity contribution < 1.29 is 0 Å². The van der Waals surface area contributed by atoms with Gasteiger partial charge in [-0.25, -0.2) is 0 Å². The molecule has 0 aliphatic carbocycles. The molecule has 0 saturated carbocycles. The van der Waals surface area contributed by atoms with Gasteiger partial charge in [0.15, 0.2) is 0 Å². The van der Waals surface area contributed by atoms with Crippen LogP contribution in [0.4, 0.5) is 0 Å². The third-order valence-electron chi connectivity index (χ3n) is 11.0. The van der Waals surface area contributed by atoms with Crippen molar-refractivity contribution in [2.75, 3.05) is 0 Å². The summed E-state index contributed by atoms with van der Waals surface area (Å²) in [7, 11) is 0. The minimum atomic E-state index is 0.323. The highest BCUT2D eigenvalue weighted by Gasteiger charge is 2.18. The van der Waals surface area contributed by atoms with E-state index in [4.69, 9.17) is 4.99 Å². The molecule has 294 valence electrons. The van der Waals surface area contributed by atoms with Gasteiger partial charge in [0.2, 0.25) is 0 Å². The maximum atomic E-state index is 5.19. The minimum Gasteiger partial charge on any atom is -0.280 e. The smallest absolute Gasteiger partial charge is 0.0716 e. The predicted octanol–water partition coefficient (Wildman–Crippen LogP) is 14.5. The molecule has 0 heterocycles. The molecule has 0 aliphatic rings. The second kappa shape index (κ2) is 19.5. The molecule has 7 aromatic rings. The highest BCUT2D eigenvalue weighted by molar-refractivity contribution is 6.13. The molecule has 60 heavy (non-hydrogen) atoms. The maximum Gasteiger partial charge on any atom is 0.0716 e. The Labute approximate surface area is 356 Å². The standard InChI is InChI=1S/C57H51N3/c1-40(2)50-31-19-33-52(48-29-18-30-49(36-48)57(60-39-43-21-10-7-11-22-43)38-56(59-6)45-25-14-9-15-26-45)54(50)37-53-41(3)20-16-32-51(53)47-28-17-27-46(35-47)42(4)34-55(58-5)44-23-12-8-13-24-44/h7-36,38,40H,4-6,37,39H2,1-3H3/b55-34-,56-38-,60-57+. The van der Waals surface area contributed by atoms with E-state index >= 15 is 0 Å². The van der Waals surface area contributed by atoms with E-state index in [1.807, 2.05) is 60.7 Å². The van der Waals surface area contributed by atoms with Crippen molar-refractivity contribution in [2.24, 2.45) is 15.0 Å². The summed E-state index contributed by atoms with van der Waals surface area (Å²) in [6, 6.07) is 61.5. The Morgan fingerprint density at radius 3 is 1.63 bits per heavy atom.